The summed E-state index contributed by atoms with van der Waals surface area (Å²) in [5.41, 5.74) is -0.0413. The van der Waals surface area contributed by atoms with Gasteiger partial charge in [0.1, 0.15) is 0 Å². The zero-order valence-corrected chi connectivity index (χ0v) is 12.5. The second-order valence-corrected chi connectivity index (χ2v) is 5.63. The molecule has 1 aromatic rings. The number of benzene rings is 1. The maximum atomic E-state index is 11.4. The minimum Gasteiger partial charge on any atom is -0.478 e. The number of non-ortho nitro benzene ring substituents is 1. The van der Waals surface area contributed by atoms with Gasteiger partial charge in [0.25, 0.3) is 5.69 Å². The molecule has 0 unspecified atom stereocenters. The van der Waals surface area contributed by atoms with Gasteiger partial charge in [-0.05, 0) is 25.7 Å². The molecule has 1 aliphatic rings. The molecule has 7 heteroatoms. The Kier molecular flexibility index (Phi) is 4.67. The SMILES string of the molecule is CCN(CC1CCC1)c1c(Cl)cc([N+](=O)[O-])cc1C(=O)O. The highest BCUT2D eigenvalue weighted by molar-refractivity contribution is 6.34. The van der Waals surface area contributed by atoms with E-state index in [1.54, 1.807) is 0 Å². The molecule has 0 aliphatic heterocycles. The Morgan fingerprint density at radius 2 is 2.19 bits per heavy atom. The summed E-state index contributed by atoms with van der Waals surface area (Å²) in [5, 5.41) is 20.3. The van der Waals surface area contributed by atoms with Gasteiger partial charge >= 0.3 is 5.97 Å². The molecule has 114 valence electrons. The van der Waals surface area contributed by atoms with Crippen molar-refractivity contribution in [2.75, 3.05) is 18.0 Å². The van der Waals surface area contributed by atoms with Gasteiger partial charge in [0.15, 0.2) is 0 Å². The van der Waals surface area contributed by atoms with Crippen molar-refractivity contribution in [1.29, 1.82) is 0 Å². The van der Waals surface area contributed by atoms with Crippen LogP contribution in [0.2, 0.25) is 5.02 Å². The number of carboxylic acid groups (broad SMARTS) is 1. The van der Waals surface area contributed by atoms with Crippen molar-refractivity contribution in [2.24, 2.45) is 5.92 Å². The number of hydrogen-bond donors (Lipinski definition) is 1. The lowest BCUT2D eigenvalue weighted by Crippen LogP contribution is -2.33. The number of nitro benzene ring substituents is 1. The molecule has 0 radical (unpaired) electrons. The highest BCUT2D eigenvalue weighted by Gasteiger charge is 2.26. The van der Waals surface area contributed by atoms with Crippen molar-refractivity contribution in [2.45, 2.75) is 26.2 Å². The van der Waals surface area contributed by atoms with Crippen LogP contribution in [0.25, 0.3) is 0 Å². The van der Waals surface area contributed by atoms with Gasteiger partial charge in [0, 0.05) is 25.2 Å². The smallest absolute Gasteiger partial charge is 0.338 e. The number of carbonyl (C=O) groups is 1. The van der Waals surface area contributed by atoms with E-state index in [1.807, 2.05) is 11.8 Å². The lowest BCUT2D eigenvalue weighted by Gasteiger charge is -2.34. The lowest BCUT2D eigenvalue weighted by molar-refractivity contribution is -0.384. The van der Waals surface area contributed by atoms with Crippen LogP contribution in [0, 0.1) is 16.0 Å². The monoisotopic (exact) mass is 312 g/mol. The summed E-state index contributed by atoms with van der Waals surface area (Å²) in [7, 11) is 0. The molecule has 1 saturated carbocycles. The van der Waals surface area contributed by atoms with Crippen molar-refractivity contribution >= 4 is 28.9 Å². The second kappa shape index (κ2) is 6.30. The number of nitrogens with zero attached hydrogens (tertiary/aromatic N) is 2. The van der Waals surface area contributed by atoms with E-state index in [0.717, 1.165) is 25.5 Å². The molecule has 0 amide bonds. The first-order valence-corrected chi connectivity index (χ1v) is 7.28. The van der Waals surface area contributed by atoms with Gasteiger partial charge in [-0.25, -0.2) is 4.79 Å². The second-order valence-electron chi connectivity index (χ2n) is 5.22. The van der Waals surface area contributed by atoms with Crippen LogP contribution in [0.3, 0.4) is 0 Å². The number of carboxylic acids is 1. The Balaban J connectivity index is 2.43. The van der Waals surface area contributed by atoms with Gasteiger partial charge in [-0.3, -0.25) is 10.1 Å². The fourth-order valence-corrected chi connectivity index (χ4v) is 2.87. The number of halogens is 1. The lowest BCUT2D eigenvalue weighted by atomic mass is 9.85. The molecule has 0 atom stereocenters. The minimum absolute atomic E-state index is 0.114. The number of aromatic carboxylic acids is 1. The summed E-state index contributed by atoms with van der Waals surface area (Å²) < 4.78 is 0. The maximum Gasteiger partial charge on any atom is 0.338 e. The predicted octanol–water partition coefficient (Wildman–Crippen LogP) is 3.57. The summed E-state index contributed by atoms with van der Waals surface area (Å²) in [6.07, 6.45) is 3.45. The summed E-state index contributed by atoms with van der Waals surface area (Å²) in [6, 6.07) is 2.29. The van der Waals surface area contributed by atoms with Gasteiger partial charge < -0.3 is 10.0 Å². The molecule has 6 nitrogen and oxygen atoms in total. The van der Waals surface area contributed by atoms with Crippen LogP contribution >= 0.6 is 11.6 Å². The van der Waals surface area contributed by atoms with E-state index in [2.05, 4.69) is 0 Å². The third kappa shape index (κ3) is 3.26. The summed E-state index contributed by atoms with van der Waals surface area (Å²) in [6.45, 7) is 3.25. The van der Waals surface area contributed by atoms with Crippen molar-refractivity contribution in [3.05, 3.63) is 32.8 Å². The molecule has 2 rings (SSSR count). The Hall–Kier alpha value is -1.82. The molecule has 0 saturated heterocycles. The average molecular weight is 313 g/mol. The summed E-state index contributed by atoms with van der Waals surface area (Å²) in [4.78, 5) is 23.6. The normalized spacial score (nSPS) is 14.6. The van der Waals surface area contributed by atoms with Crippen LogP contribution in [0.5, 0.6) is 0 Å². The first kappa shape index (κ1) is 15.6. The molecule has 0 spiro atoms. The molecule has 1 aromatic carbocycles. The summed E-state index contributed by atoms with van der Waals surface area (Å²) >= 11 is 6.13. The van der Waals surface area contributed by atoms with Crippen molar-refractivity contribution in [1.82, 2.24) is 0 Å². The molecule has 1 aliphatic carbocycles. The fraction of sp³-hybridized carbons (Fsp3) is 0.500. The Morgan fingerprint density at radius 3 is 2.62 bits per heavy atom. The number of hydrogen-bond acceptors (Lipinski definition) is 4. The zero-order chi connectivity index (χ0) is 15.6. The van der Waals surface area contributed by atoms with Crippen molar-refractivity contribution < 1.29 is 14.8 Å². The molecular weight excluding hydrogens is 296 g/mol. The zero-order valence-electron chi connectivity index (χ0n) is 11.7. The van der Waals surface area contributed by atoms with Gasteiger partial charge in [0.05, 0.1) is 21.2 Å². The first-order valence-electron chi connectivity index (χ1n) is 6.90. The predicted molar refractivity (Wildman–Crippen MR) is 80.3 cm³/mol. The first-order chi connectivity index (χ1) is 9.93. The van der Waals surface area contributed by atoms with Gasteiger partial charge in [-0.2, -0.15) is 0 Å². The largest absolute Gasteiger partial charge is 0.478 e. The van der Waals surface area contributed by atoms with Gasteiger partial charge in [-0.1, -0.05) is 18.0 Å². The molecule has 1 fully saturated rings. The van der Waals surface area contributed by atoms with Crippen LogP contribution < -0.4 is 4.90 Å². The average Bonchev–Trinajstić information content (AvgIpc) is 2.37. The third-order valence-corrected chi connectivity index (χ3v) is 4.18. The van der Waals surface area contributed by atoms with Gasteiger partial charge in [0.2, 0.25) is 0 Å². The van der Waals surface area contributed by atoms with E-state index in [4.69, 9.17) is 11.6 Å². The van der Waals surface area contributed by atoms with Crippen LogP contribution in [0.1, 0.15) is 36.5 Å². The Bertz CT molecular complexity index is 572. The van der Waals surface area contributed by atoms with Crippen molar-refractivity contribution in [3.8, 4) is 0 Å². The van der Waals surface area contributed by atoms with E-state index in [-0.39, 0.29) is 16.3 Å². The molecule has 1 N–H and O–H groups in total. The third-order valence-electron chi connectivity index (χ3n) is 3.89. The van der Waals surface area contributed by atoms with E-state index in [9.17, 15) is 20.0 Å². The topological polar surface area (TPSA) is 83.7 Å². The fourth-order valence-electron chi connectivity index (χ4n) is 2.54. The van der Waals surface area contributed by atoms with E-state index < -0.39 is 10.9 Å². The minimum atomic E-state index is -1.21. The number of anilines is 1. The van der Waals surface area contributed by atoms with Crippen molar-refractivity contribution in [3.63, 3.8) is 0 Å². The molecule has 21 heavy (non-hydrogen) atoms. The highest BCUT2D eigenvalue weighted by atomic mass is 35.5. The molecular formula is C14H17ClN2O4. The molecule has 0 bridgehead atoms. The molecule has 0 heterocycles. The quantitative estimate of drug-likeness (QED) is 0.641. The van der Waals surface area contributed by atoms with Crippen LogP contribution in [-0.2, 0) is 0 Å². The van der Waals surface area contributed by atoms with E-state index >= 15 is 0 Å². The number of rotatable bonds is 6. The van der Waals surface area contributed by atoms with Gasteiger partial charge in [-0.15, -0.1) is 0 Å². The van der Waals surface area contributed by atoms with E-state index in [1.165, 1.54) is 12.5 Å². The number of nitro groups is 1. The van der Waals surface area contributed by atoms with Crippen LogP contribution in [0.4, 0.5) is 11.4 Å². The maximum absolute atomic E-state index is 11.4. The standard InChI is InChI=1S/C14H17ClN2O4/c1-2-16(8-9-4-3-5-9)13-11(14(18)19)6-10(17(20)21)7-12(13)15/h6-7,9H,2-5,8H2,1H3,(H,18,19). The molecule has 0 aromatic heterocycles. The Morgan fingerprint density at radius 1 is 1.52 bits per heavy atom. The van der Waals surface area contributed by atoms with E-state index in [0.29, 0.717) is 18.2 Å². The van der Waals surface area contributed by atoms with Crippen LogP contribution in [-0.4, -0.2) is 29.1 Å². The highest BCUT2D eigenvalue weighted by Crippen LogP contribution is 2.36. The summed E-state index contributed by atoms with van der Waals surface area (Å²) in [5.74, 6) is -0.666. The van der Waals surface area contributed by atoms with Crippen LogP contribution in [0.15, 0.2) is 12.1 Å². The Labute approximate surface area is 127 Å².